The summed E-state index contributed by atoms with van der Waals surface area (Å²) in [6.07, 6.45) is 2.50. The number of benzene rings is 2. The van der Waals surface area contributed by atoms with Crippen molar-refractivity contribution in [3.05, 3.63) is 58.6 Å². The Morgan fingerprint density at radius 2 is 2.08 bits per heavy atom. The van der Waals surface area contributed by atoms with Crippen molar-refractivity contribution in [3.63, 3.8) is 0 Å². The minimum atomic E-state index is -1.98. The molecular formula is C19H14ClNO5. The first-order valence-corrected chi connectivity index (χ1v) is 8.28. The van der Waals surface area contributed by atoms with E-state index in [1.807, 2.05) is 0 Å². The minimum absolute atomic E-state index is 0.170. The molecule has 2 N–H and O–H groups in total. The summed E-state index contributed by atoms with van der Waals surface area (Å²) in [6.45, 7) is 0.170. The molecule has 6 nitrogen and oxygen atoms in total. The Kier molecular flexibility index (Phi) is 3.94. The second kappa shape index (κ2) is 6.16. The van der Waals surface area contributed by atoms with E-state index >= 15 is 0 Å². The lowest BCUT2D eigenvalue weighted by atomic mass is 9.89. The van der Waals surface area contributed by atoms with Crippen LogP contribution >= 0.6 is 11.6 Å². The minimum Gasteiger partial charge on any atom is -0.454 e. The fourth-order valence-electron chi connectivity index (χ4n) is 3.07. The van der Waals surface area contributed by atoms with Gasteiger partial charge in [0.25, 0.3) is 5.91 Å². The van der Waals surface area contributed by atoms with Crippen LogP contribution in [0.5, 0.6) is 11.5 Å². The van der Waals surface area contributed by atoms with Gasteiger partial charge in [-0.25, -0.2) is 0 Å². The van der Waals surface area contributed by atoms with Gasteiger partial charge in [-0.1, -0.05) is 29.8 Å². The average molecular weight is 372 g/mol. The zero-order valence-electron chi connectivity index (χ0n) is 13.5. The number of ketones is 1. The van der Waals surface area contributed by atoms with E-state index in [4.69, 9.17) is 21.1 Å². The van der Waals surface area contributed by atoms with Gasteiger partial charge in [-0.2, -0.15) is 0 Å². The molecule has 0 saturated carbocycles. The molecule has 0 aromatic heterocycles. The average Bonchev–Trinajstić information content (AvgIpc) is 3.16. The van der Waals surface area contributed by atoms with Gasteiger partial charge in [0.2, 0.25) is 6.79 Å². The van der Waals surface area contributed by atoms with Gasteiger partial charge < -0.3 is 19.9 Å². The molecule has 0 fully saturated rings. The number of anilines is 1. The first-order chi connectivity index (χ1) is 12.5. The van der Waals surface area contributed by atoms with Crippen LogP contribution in [-0.2, 0) is 15.2 Å². The lowest BCUT2D eigenvalue weighted by molar-refractivity contribution is -0.138. The maximum Gasteiger partial charge on any atom is 0.261 e. The predicted molar refractivity (Wildman–Crippen MR) is 95.2 cm³/mol. The molecule has 7 heteroatoms. The van der Waals surface area contributed by atoms with E-state index in [1.165, 1.54) is 6.08 Å². The third kappa shape index (κ3) is 2.73. The Bertz CT molecular complexity index is 955. The molecule has 1 amide bonds. The molecule has 1 unspecified atom stereocenters. The lowest BCUT2D eigenvalue weighted by Gasteiger charge is -2.20. The van der Waals surface area contributed by atoms with Gasteiger partial charge in [-0.3, -0.25) is 9.59 Å². The van der Waals surface area contributed by atoms with Gasteiger partial charge in [0.1, 0.15) is 0 Å². The maximum absolute atomic E-state index is 12.4. The number of ether oxygens (including phenoxy) is 2. The second-order valence-corrected chi connectivity index (χ2v) is 6.47. The number of allylic oxidation sites excluding steroid dienone is 1. The summed E-state index contributed by atoms with van der Waals surface area (Å²) in [4.78, 5) is 24.6. The van der Waals surface area contributed by atoms with Crippen LogP contribution in [0.1, 0.15) is 17.5 Å². The SMILES string of the molecule is O=C(/C=C/c1ccc2c(c1)OCO2)CC1(O)C(=O)Nc2cccc(Cl)c21. The van der Waals surface area contributed by atoms with Crippen molar-refractivity contribution in [3.8, 4) is 11.5 Å². The summed E-state index contributed by atoms with van der Waals surface area (Å²) in [5.41, 5.74) is -0.595. The normalized spacial score (nSPS) is 20.3. The molecule has 0 saturated heterocycles. The summed E-state index contributed by atoms with van der Waals surface area (Å²) in [7, 11) is 0. The third-order valence-corrected chi connectivity index (χ3v) is 4.65. The molecule has 2 aliphatic rings. The van der Waals surface area contributed by atoms with Crippen LogP contribution in [0.4, 0.5) is 5.69 Å². The topological polar surface area (TPSA) is 84.9 Å². The van der Waals surface area contributed by atoms with E-state index in [1.54, 1.807) is 42.5 Å². The molecule has 2 aromatic rings. The number of hydrogen-bond donors (Lipinski definition) is 2. The Hall–Kier alpha value is -2.83. The number of rotatable bonds is 4. The Balaban J connectivity index is 1.54. The first-order valence-electron chi connectivity index (χ1n) is 7.91. The van der Waals surface area contributed by atoms with Crippen molar-refractivity contribution in [1.29, 1.82) is 0 Å². The molecule has 2 aliphatic heterocycles. The molecule has 0 bridgehead atoms. The monoisotopic (exact) mass is 371 g/mol. The van der Waals surface area contributed by atoms with Crippen molar-refractivity contribution >= 4 is 35.1 Å². The van der Waals surface area contributed by atoms with E-state index in [0.29, 0.717) is 17.2 Å². The standard InChI is InChI=1S/C19H14ClNO5/c20-13-2-1-3-14-17(13)19(24,18(23)21-14)9-12(22)6-4-11-5-7-15-16(8-11)26-10-25-15/h1-8,24H,9-10H2,(H,21,23)/b6-4+. The zero-order valence-corrected chi connectivity index (χ0v) is 14.2. The van der Waals surface area contributed by atoms with Crippen LogP contribution in [0.25, 0.3) is 6.08 Å². The van der Waals surface area contributed by atoms with E-state index in [-0.39, 0.29) is 17.4 Å². The second-order valence-electron chi connectivity index (χ2n) is 6.07. The highest BCUT2D eigenvalue weighted by atomic mass is 35.5. The van der Waals surface area contributed by atoms with Gasteiger partial charge >= 0.3 is 0 Å². The van der Waals surface area contributed by atoms with E-state index in [2.05, 4.69) is 5.32 Å². The highest BCUT2D eigenvalue weighted by Gasteiger charge is 2.47. The van der Waals surface area contributed by atoms with Crippen LogP contribution in [0.15, 0.2) is 42.5 Å². The fraction of sp³-hybridized carbons (Fsp3) is 0.158. The lowest BCUT2D eigenvalue weighted by Crippen LogP contribution is -2.36. The summed E-state index contributed by atoms with van der Waals surface area (Å²) in [6, 6.07) is 10.1. The molecule has 132 valence electrons. The third-order valence-electron chi connectivity index (χ3n) is 4.34. The largest absolute Gasteiger partial charge is 0.454 e. The van der Waals surface area contributed by atoms with E-state index in [9.17, 15) is 14.7 Å². The summed E-state index contributed by atoms with van der Waals surface area (Å²) >= 11 is 6.12. The number of carbonyl (C=O) groups excluding carboxylic acids is 2. The number of nitrogens with one attached hydrogen (secondary N) is 1. The van der Waals surface area contributed by atoms with Gasteiger partial charge in [-0.05, 0) is 35.9 Å². The molecule has 0 radical (unpaired) electrons. The van der Waals surface area contributed by atoms with Crippen LogP contribution in [0.2, 0.25) is 5.02 Å². The summed E-state index contributed by atoms with van der Waals surface area (Å²) in [5.74, 6) is 0.185. The number of carbonyl (C=O) groups is 2. The molecule has 0 spiro atoms. The summed E-state index contributed by atoms with van der Waals surface area (Å²) < 4.78 is 10.5. The van der Waals surface area contributed by atoms with Gasteiger partial charge in [0, 0.05) is 16.3 Å². The van der Waals surface area contributed by atoms with Crippen LogP contribution < -0.4 is 14.8 Å². The Morgan fingerprint density at radius 1 is 1.27 bits per heavy atom. The molecular weight excluding hydrogens is 358 g/mol. The van der Waals surface area contributed by atoms with Crippen molar-refractivity contribution < 1.29 is 24.2 Å². The number of amides is 1. The molecule has 26 heavy (non-hydrogen) atoms. The van der Waals surface area contributed by atoms with Crippen molar-refractivity contribution in [2.45, 2.75) is 12.0 Å². The van der Waals surface area contributed by atoms with Crippen LogP contribution in [0, 0.1) is 0 Å². The fourth-order valence-corrected chi connectivity index (χ4v) is 3.40. The summed E-state index contributed by atoms with van der Waals surface area (Å²) in [5, 5.41) is 13.6. The number of halogens is 1. The maximum atomic E-state index is 12.4. The smallest absolute Gasteiger partial charge is 0.261 e. The Morgan fingerprint density at radius 3 is 2.92 bits per heavy atom. The quantitative estimate of drug-likeness (QED) is 0.807. The van der Waals surface area contributed by atoms with Crippen LogP contribution in [0.3, 0.4) is 0 Å². The zero-order chi connectivity index (χ0) is 18.3. The molecule has 0 aliphatic carbocycles. The number of hydrogen-bond acceptors (Lipinski definition) is 5. The highest BCUT2D eigenvalue weighted by molar-refractivity contribution is 6.33. The predicted octanol–water partition coefficient (Wildman–Crippen LogP) is 2.88. The Labute approximate surface area is 154 Å². The highest BCUT2D eigenvalue weighted by Crippen LogP contribution is 2.42. The van der Waals surface area contributed by atoms with Gasteiger partial charge in [-0.15, -0.1) is 0 Å². The molecule has 2 aromatic carbocycles. The van der Waals surface area contributed by atoms with E-state index in [0.717, 1.165) is 5.56 Å². The van der Waals surface area contributed by atoms with Gasteiger partial charge in [0.15, 0.2) is 22.9 Å². The number of aliphatic hydroxyl groups is 1. The first kappa shape index (κ1) is 16.6. The van der Waals surface area contributed by atoms with Crippen molar-refractivity contribution in [2.75, 3.05) is 12.1 Å². The van der Waals surface area contributed by atoms with Crippen LogP contribution in [-0.4, -0.2) is 23.6 Å². The van der Waals surface area contributed by atoms with Crippen molar-refractivity contribution in [1.82, 2.24) is 0 Å². The number of fused-ring (bicyclic) bond motifs is 2. The van der Waals surface area contributed by atoms with Crippen molar-refractivity contribution in [2.24, 2.45) is 0 Å². The molecule has 2 heterocycles. The molecule has 4 rings (SSSR count). The van der Waals surface area contributed by atoms with E-state index < -0.39 is 23.7 Å². The molecule has 1 atom stereocenters. The van der Waals surface area contributed by atoms with Gasteiger partial charge in [0.05, 0.1) is 6.42 Å².